The maximum Gasteiger partial charge on any atom is 0.317 e. The predicted molar refractivity (Wildman–Crippen MR) is 86.0 cm³/mol. The van der Waals surface area contributed by atoms with Crippen molar-refractivity contribution in [3.8, 4) is 0 Å². The van der Waals surface area contributed by atoms with Crippen LogP contribution < -0.4 is 5.32 Å². The molecule has 1 aliphatic carbocycles. The highest BCUT2D eigenvalue weighted by atomic mass is 16.5. The maximum absolute atomic E-state index is 12.6. The molecule has 3 atom stereocenters. The summed E-state index contributed by atoms with van der Waals surface area (Å²) in [6.45, 7) is 3.52. The van der Waals surface area contributed by atoms with Crippen molar-refractivity contribution in [3.05, 3.63) is 17.5 Å². The second kappa shape index (κ2) is 6.15. The fourth-order valence-corrected chi connectivity index (χ4v) is 4.34. The fraction of sp³-hybridized carbons (Fsp3) is 0.765. The van der Waals surface area contributed by atoms with Gasteiger partial charge in [0.25, 0.3) is 0 Å². The number of nitrogens with zero attached hydrogens (tertiary/aromatic N) is 3. The molecule has 3 heterocycles. The molecule has 23 heavy (non-hydrogen) atoms. The minimum atomic E-state index is 0.0909. The molecule has 0 radical (unpaired) electrons. The van der Waals surface area contributed by atoms with Gasteiger partial charge in [0.05, 0.1) is 11.7 Å². The minimum Gasteiger partial charge on any atom is -0.381 e. The van der Waals surface area contributed by atoms with E-state index in [4.69, 9.17) is 4.74 Å². The second-order valence-corrected chi connectivity index (χ2v) is 7.22. The lowest BCUT2D eigenvalue weighted by Crippen LogP contribution is -2.41. The van der Waals surface area contributed by atoms with Gasteiger partial charge in [0.1, 0.15) is 0 Å². The van der Waals surface area contributed by atoms with Crippen LogP contribution in [0, 0.1) is 11.8 Å². The molecule has 126 valence electrons. The SMILES string of the molecule is Cn1cc2c(n1)CCCC2NC(=O)N1CCC(C2CCOC2)C1. The Kier molecular flexibility index (Phi) is 4.01. The van der Waals surface area contributed by atoms with Gasteiger partial charge in [-0.3, -0.25) is 4.68 Å². The lowest BCUT2D eigenvalue weighted by atomic mass is 9.91. The summed E-state index contributed by atoms with van der Waals surface area (Å²) in [6, 6.07) is 0.210. The van der Waals surface area contributed by atoms with Gasteiger partial charge in [0, 0.05) is 45.1 Å². The molecule has 2 saturated heterocycles. The first-order valence-corrected chi connectivity index (χ1v) is 8.86. The van der Waals surface area contributed by atoms with Gasteiger partial charge in [-0.15, -0.1) is 0 Å². The normalized spacial score (nSPS) is 30.5. The molecule has 3 aliphatic rings. The van der Waals surface area contributed by atoms with Crippen molar-refractivity contribution in [1.29, 1.82) is 0 Å². The zero-order valence-corrected chi connectivity index (χ0v) is 13.8. The third kappa shape index (κ3) is 2.96. The average Bonchev–Trinajstić information content (AvgIpc) is 3.26. The van der Waals surface area contributed by atoms with E-state index in [9.17, 15) is 4.79 Å². The molecule has 1 aromatic rings. The van der Waals surface area contributed by atoms with Crippen molar-refractivity contribution < 1.29 is 9.53 Å². The van der Waals surface area contributed by atoms with Crippen LogP contribution in [0.25, 0.3) is 0 Å². The standard InChI is InChI=1S/C17H26N4O2/c1-20-10-14-15(3-2-4-16(14)19-20)18-17(22)21-7-5-12(9-21)13-6-8-23-11-13/h10,12-13,15H,2-9,11H2,1H3,(H,18,22). The molecule has 6 heteroatoms. The third-order valence-electron chi connectivity index (χ3n) is 5.66. The van der Waals surface area contributed by atoms with Crippen LogP contribution in [-0.4, -0.2) is 47.0 Å². The molecule has 6 nitrogen and oxygen atoms in total. The number of urea groups is 1. The van der Waals surface area contributed by atoms with Crippen LogP contribution in [0.15, 0.2) is 6.20 Å². The van der Waals surface area contributed by atoms with Gasteiger partial charge in [-0.25, -0.2) is 4.79 Å². The first kappa shape index (κ1) is 15.0. The van der Waals surface area contributed by atoms with Gasteiger partial charge in [-0.2, -0.15) is 5.10 Å². The summed E-state index contributed by atoms with van der Waals surface area (Å²) in [5.41, 5.74) is 2.35. The molecule has 3 unspecified atom stereocenters. The number of carbonyl (C=O) groups excluding carboxylic acids is 1. The number of aryl methyl sites for hydroxylation is 2. The molecule has 0 saturated carbocycles. The Hall–Kier alpha value is -1.56. The quantitative estimate of drug-likeness (QED) is 0.905. The molecular formula is C17H26N4O2. The number of ether oxygens (including phenoxy) is 1. The van der Waals surface area contributed by atoms with E-state index in [1.165, 1.54) is 5.56 Å². The summed E-state index contributed by atoms with van der Waals surface area (Å²) in [4.78, 5) is 14.6. The molecule has 2 aliphatic heterocycles. The fourth-order valence-electron chi connectivity index (χ4n) is 4.34. The van der Waals surface area contributed by atoms with E-state index in [-0.39, 0.29) is 12.1 Å². The number of likely N-dealkylation sites (tertiary alicyclic amines) is 1. The van der Waals surface area contributed by atoms with Gasteiger partial charge in [-0.1, -0.05) is 0 Å². The van der Waals surface area contributed by atoms with Crippen LogP contribution in [0.4, 0.5) is 4.79 Å². The van der Waals surface area contributed by atoms with Crippen LogP contribution in [0.3, 0.4) is 0 Å². The van der Waals surface area contributed by atoms with Crippen LogP contribution >= 0.6 is 0 Å². The lowest BCUT2D eigenvalue weighted by molar-refractivity contribution is 0.170. The number of carbonyl (C=O) groups is 1. The van der Waals surface area contributed by atoms with Crippen molar-refractivity contribution in [2.75, 3.05) is 26.3 Å². The number of amides is 2. The highest BCUT2D eigenvalue weighted by Gasteiger charge is 2.35. The van der Waals surface area contributed by atoms with Crippen molar-refractivity contribution in [3.63, 3.8) is 0 Å². The van der Waals surface area contributed by atoms with Gasteiger partial charge in [-0.05, 0) is 43.9 Å². The largest absolute Gasteiger partial charge is 0.381 e. The average molecular weight is 318 g/mol. The number of hydrogen-bond donors (Lipinski definition) is 1. The summed E-state index contributed by atoms with van der Waals surface area (Å²) >= 11 is 0. The molecule has 1 aromatic heterocycles. The third-order valence-corrected chi connectivity index (χ3v) is 5.66. The highest BCUT2D eigenvalue weighted by molar-refractivity contribution is 5.75. The zero-order valence-electron chi connectivity index (χ0n) is 13.8. The smallest absolute Gasteiger partial charge is 0.317 e. The number of fused-ring (bicyclic) bond motifs is 1. The highest BCUT2D eigenvalue weighted by Crippen LogP contribution is 2.31. The molecule has 0 aromatic carbocycles. The number of rotatable bonds is 2. The summed E-state index contributed by atoms with van der Waals surface area (Å²) in [6.07, 6.45) is 7.46. The molecule has 2 fully saturated rings. The van der Waals surface area contributed by atoms with Gasteiger partial charge < -0.3 is 15.0 Å². The van der Waals surface area contributed by atoms with E-state index >= 15 is 0 Å². The topological polar surface area (TPSA) is 59.4 Å². The van der Waals surface area contributed by atoms with Crippen LogP contribution in [0.2, 0.25) is 0 Å². The molecule has 2 amide bonds. The van der Waals surface area contributed by atoms with Crippen LogP contribution in [0.5, 0.6) is 0 Å². The molecule has 1 N–H and O–H groups in total. The second-order valence-electron chi connectivity index (χ2n) is 7.22. The monoisotopic (exact) mass is 318 g/mol. The molecule has 0 bridgehead atoms. The number of nitrogens with one attached hydrogen (secondary N) is 1. The molecule has 4 rings (SSSR count). The van der Waals surface area contributed by atoms with Crippen molar-refractivity contribution in [2.24, 2.45) is 18.9 Å². The van der Waals surface area contributed by atoms with Crippen molar-refractivity contribution in [1.82, 2.24) is 20.0 Å². The summed E-state index contributed by atoms with van der Waals surface area (Å²) in [5.74, 6) is 1.26. The summed E-state index contributed by atoms with van der Waals surface area (Å²) < 4.78 is 7.36. The summed E-state index contributed by atoms with van der Waals surface area (Å²) in [7, 11) is 1.95. The van der Waals surface area contributed by atoms with Crippen LogP contribution in [-0.2, 0) is 18.2 Å². The van der Waals surface area contributed by atoms with E-state index in [1.807, 2.05) is 16.6 Å². The van der Waals surface area contributed by atoms with Crippen molar-refractivity contribution >= 4 is 6.03 Å². The molecule has 0 spiro atoms. The van der Waals surface area contributed by atoms with E-state index in [0.29, 0.717) is 11.8 Å². The van der Waals surface area contributed by atoms with E-state index < -0.39 is 0 Å². The Labute approximate surface area is 137 Å². The Morgan fingerprint density at radius 2 is 2.26 bits per heavy atom. The van der Waals surface area contributed by atoms with E-state index in [0.717, 1.165) is 64.1 Å². The van der Waals surface area contributed by atoms with Gasteiger partial charge in [0.2, 0.25) is 0 Å². The van der Waals surface area contributed by atoms with Gasteiger partial charge in [0.15, 0.2) is 0 Å². The van der Waals surface area contributed by atoms with E-state index in [2.05, 4.69) is 16.6 Å². The Morgan fingerprint density at radius 1 is 1.35 bits per heavy atom. The number of aromatic nitrogens is 2. The Balaban J connectivity index is 1.37. The molecular weight excluding hydrogens is 292 g/mol. The first-order chi connectivity index (χ1) is 11.2. The zero-order chi connectivity index (χ0) is 15.8. The lowest BCUT2D eigenvalue weighted by Gasteiger charge is -2.26. The van der Waals surface area contributed by atoms with E-state index in [1.54, 1.807) is 0 Å². The maximum atomic E-state index is 12.6. The minimum absolute atomic E-state index is 0.0909. The van der Waals surface area contributed by atoms with Crippen LogP contribution in [0.1, 0.15) is 43.0 Å². The Bertz CT molecular complexity index is 579. The summed E-state index contributed by atoms with van der Waals surface area (Å²) in [5, 5.41) is 7.75. The first-order valence-electron chi connectivity index (χ1n) is 8.86. The number of hydrogen-bond acceptors (Lipinski definition) is 3. The van der Waals surface area contributed by atoms with Gasteiger partial charge >= 0.3 is 6.03 Å². The van der Waals surface area contributed by atoms with Crippen molar-refractivity contribution in [2.45, 2.75) is 38.1 Å². The predicted octanol–water partition coefficient (Wildman–Crippen LogP) is 1.87. The Morgan fingerprint density at radius 3 is 3.09 bits per heavy atom.